The number of rotatable bonds is 6. The summed E-state index contributed by atoms with van der Waals surface area (Å²) in [5.74, 6) is 0.887. The molecule has 0 unspecified atom stereocenters. The molecule has 170 valence electrons. The fourth-order valence-electron chi connectivity index (χ4n) is 5.32. The summed E-state index contributed by atoms with van der Waals surface area (Å²) < 4.78 is 22.2. The molecule has 1 N–H and O–H groups in total. The van der Waals surface area contributed by atoms with Gasteiger partial charge in [0, 0.05) is 13.1 Å². The predicted octanol–water partition coefficient (Wildman–Crippen LogP) is 2.02. The molecule has 4 aliphatic rings. The lowest BCUT2D eigenvalue weighted by molar-refractivity contribution is -0.137. The summed E-state index contributed by atoms with van der Waals surface area (Å²) in [5, 5.41) is 2.99. The van der Waals surface area contributed by atoms with Gasteiger partial charge >= 0.3 is 0 Å². The van der Waals surface area contributed by atoms with E-state index in [9.17, 15) is 9.59 Å². The van der Waals surface area contributed by atoms with Crippen molar-refractivity contribution in [3.05, 3.63) is 65.7 Å². The predicted molar refractivity (Wildman–Crippen MR) is 117 cm³/mol. The fourth-order valence-corrected chi connectivity index (χ4v) is 5.32. The lowest BCUT2D eigenvalue weighted by atomic mass is 9.77. The van der Waals surface area contributed by atoms with Crippen LogP contribution in [0.25, 0.3) is 0 Å². The van der Waals surface area contributed by atoms with Crippen LogP contribution >= 0.6 is 0 Å². The number of nitrogens with one attached hydrogen (secondary N) is 1. The zero-order valence-electron chi connectivity index (χ0n) is 18.2. The average Bonchev–Trinajstić information content (AvgIpc) is 3.59. The highest BCUT2D eigenvalue weighted by molar-refractivity contribution is 5.93. The van der Waals surface area contributed by atoms with Crippen LogP contribution in [-0.2, 0) is 27.4 Å². The first-order valence-corrected chi connectivity index (χ1v) is 11.0. The minimum atomic E-state index is -0.736. The first-order valence-electron chi connectivity index (χ1n) is 11.0. The minimum Gasteiger partial charge on any atom is -0.497 e. The van der Waals surface area contributed by atoms with Crippen molar-refractivity contribution in [2.24, 2.45) is 11.8 Å². The van der Waals surface area contributed by atoms with E-state index in [0.717, 1.165) is 16.9 Å². The van der Waals surface area contributed by atoms with E-state index in [1.165, 1.54) is 0 Å². The SMILES string of the molecule is COc1ccc(CNC(=O)[C@H]2[C@H]3C(=O)N(Cc4ccc5c(c4)OCO5)C[C@@]34C=C[C@H]2O4)cc1. The number of hydrogen-bond donors (Lipinski definition) is 1. The Hall–Kier alpha value is -3.52. The molecule has 2 aromatic carbocycles. The highest BCUT2D eigenvalue weighted by Gasteiger charge is 2.66. The summed E-state index contributed by atoms with van der Waals surface area (Å²) >= 11 is 0. The largest absolute Gasteiger partial charge is 0.497 e. The van der Waals surface area contributed by atoms with Gasteiger partial charge in [0.2, 0.25) is 18.6 Å². The second kappa shape index (κ2) is 7.52. The third-order valence-corrected chi connectivity index (χ3v) is 6.92. The van der Waals surface area contributed by atoms with E-state index in [-0.39, 0.29) is 24.7 Å². The summed E-state index contributed by atoms with van der Waals surface area (Å²) in [6.07, 6.45) is 3.51. The Bertz CT molecular complexity index is 1150. The van der Waals surface area contributed by atoms with Gasteiger partial charge in [-0.3, -0.25) is 9.59 Å². The van der Waals surface area contributed by atoms with E-state index in [0.29, 0.717) is 31.1 Å². The van der Waals surface area contributed by atoms with Gasteiger partial charge < -0.3 is 29.2 Å². The van der Waals surface area contributed by atoms with Gasteiger partial charge in [0.1, 0.15) is 11.4 Å². The Kier molecular flexibility index (Phi) is 4.58. The fraction of sp³-hybridized carbons (Fsp3) is 0.360. The van der Waals surface area contributed by atoms with Crippen LogP contribution in [0.2, 0.25) is 0 Å². The number of nitrogens with zero attached hydrogens (tertiary/aromatic N) is 1. The molecule has 2 saturated heterocycles. The van der Waals surface area contributed by atoms with E-state index in [2.05, 4.69) is 5.32 Å². The highest BCUT2D eigenvalue weighted by Crippen LogP contribution is 2.52. The molecule has 2 bridgehead atoms. The van der Waals surface area contributed by atoms with Crippen LogP contribution < -0.4 is 19.5 Å². The van der Waals surface area contributed by atoms with Crippen molar-refractivity contribution in [2.75, 3.05) is 20.4 Å². The molecule has 0 aromatic heterocycles. The van der Waals surface area contributed by atoms with Crippen LogP contribution in [0.5, 0.6) is 17.2 Å². The number of ether oxygens (including phenoxy) is 4. The molecule has 33 heavy (non-hydrogen) atoms. The van der Waals surface area contributed by atoms with Crippen LogP contribution in [0.3, 0.4) is 0 Å². The Labute approximate surface area is 191 Å². The molecule has 0 radical (unpaired) electrons. The number of amides is 2. The van der Waals surface area contributed by atoms with Gasteiger partial charge in [-0.15, -0.1) is 0 Å². The molecule has 1 spiro atoms. The maximum Gasteiger partial charge on any atom is 0.231 e. The molecule has 2 fully saturated rings. The van der Waals surface area contributed by atoms with Gasteiger partial charge in [-0.05, 0) is 35.4 Å². The van der Waals surface area contributed by atoms with Gasteiger partial charge in [-0.2, -0.15) is 0 Å². The zero-order valence-corrected chi connectivity index (χ0v) is 18.2. The topological polar surface area (TPSA) is 86.3 Å². The van der Waals surface area contributed by atoms with Crippen molar-refractivity contribution in [1.82, 2.24) is 10.2 Å². The molecule has 0 aliphatic carbocycles. The molecular weight excluding hydrogens is 424 g/mol. The second-order valence-electron chi connectivity index (χ2n) is 8.85. The van der Waals surface area contributed by atoms with Crippen LogP contribution in [0, 0.1) is 11.8 Å². The third kappa shape index (κ3) is 3.24. The number of hydrogen-bond acceptors (Lipinski definition) is 6. The maximum absolute atomic E-state index is 13.4. The lowest BCUT2D eigenvalue weighted by Crippen LogP contribution is -2.43. The van der Waals surface area contributed by atoms with E-state index in [1.807, 2.05) is 54.6 Å². The first kappa shape index (κ1) is 20.1. The second-order valence-corrected chi connectivity index (χ2v) is 8.85. The van der Waals surface area contributed by atoms with Crippen LogP contribution in [0.1, 0.15) is 11.1 Å². The van der Waals surface area contributed by atoms with Crippen molar-refractivity contribution >= 4 is 11.8 Å². The summed E-state index contributed by atoms with van der Waals surface area (Å²) in [4.78, 5) is 28.4. The first-order chi connectivity index (χ1) is 16.1. The van der Waals surface area contributed by atoms with Crippen LogP contribution in [-0.4, -0.2) is 48.9 Å². The minimum absolute atomic E-state index is 0.0517. The van der Waals surface area contributed by atoms with Gasteiger partial charge in [0.25, 0.3) is 0 Å². The van der Waals surface area contributed by atoms with Gasteiger partial charge in [-0.1, -0.05) is 30.4 Å². The molecule has 4 aliphatic heterocycles. The molecule has 2 amide bonds. The smallest absolute Gasteiger partial charge is 0.231 e. The van der Waals surface area contributed by atoms with Crippen LogP contribution in [0.4, 0.5) is 0 Å². The number of methoxy groups -OCH3 is 1. The van der Waals surface area contributed by atoms with Crippen molar-refractivity contribution < 1.29 is 28.5 Å². The zero-order chi connectivity index (χ0) is 22.6. The van der Waals surface area contributed by atoms with Gasteiger partial charge in [-0.25, -0.2) is 0 Å². The normalized spacial score (nSPS) is 28.3. The maximum atomic E-state index is 13.4. The number of carbonyl (C=O) groups is 2. The number of fused-ring (bicyclic) bond motifs is 2. The Morgan fingerprint density at radius 1 is 1.15 bits per heavy atom. The molecule has 4 heterocycles. The Morgan fingerprint density at radius 3 is 2.76 bits per heavy atom. The average molecular weight is 448 g/mol. The Morgan fingerprint density at radius 2 is 1.94 bits per heavy atom. The van der Waals surface area contributed by atoms with Crippen molar-refractivity contribution in [1.29, 1.82) is 0 Å². The van der Waals surface area contributed by atoms with Gasteiger partial charge in [0.05, 0.1) is 31.6 Å². The molecule has 2 aromatic rings. The third-order valence-electron chi connectivity index (χ3n) is 6.92. The van der Waals surface area contributed by atoms with Gasteiger partial charge in [0.15, 0.2) is 11.5 Å². The quantitative estimate of drug-likeness (QED) is 0.681. The van der Waals surface area contributed by atoms with E-state index >= 15 is 0 Å². The lowest BCUT2D eigenvalue weighted by Gasteiger charge is -2.23. The molecule has 4 atom stereocenters. The number of benzene rings is 2. The molecule has 8 heteroatoms. The monoisotopic (exact) mass is 448 g/mol. The van der Waals surface area contributed by atoms with E-state index in [4.69, 9.17) is 18.9 Å². The van der Waals surface area contributed by atoms with Crippen molar-refractivity contribution in [3.63, 3.8) is 0 Å². The molecule has 0 saturated carbocycles. The summed E-state index contributed by atoms with van der Waals surface area (Å²) in [5.41, 5.74) is 1.17. The Balaban J connectivity index is 1.16. The van der Waals surface area contributed by atoms with E-state index < -0.39 is 17.4 Å². The summed E-state index contributed by atoms with van der Waals surface area (Å²) in [6.45, 7) is 1.44. The summed E-state index contributed by atoms with van der Waals surface area (Å²) in [7, 11) is 1.61. The summed E-state index contributed by atoms with van der Waals surface area (Å²) in [6, 6.07) is 13.2. The number of carbonyl (C=O) groups excluding carboxylic acids is 2. The van der Waals surface area contributed by atoms with Crippen molar-refractivity contribution in [2.45, 2.75) is 24.8 Å². The van der Waals surface area contributed by atoms with E-state index in [1.54, 1.807) is 12.0 Å². The van der Waals surface area contributed by atoms with Crippen LogP contribution in [0.15, 0.2) is 54.6 Å². The van der Waals surface area contributed by atoms with Crippen molar-refractivity contribution in [3.8, 4) is 17.2 Å². The standard InChI is InChI=1S/C25H24N2O6/c1-30-17-5-2-15(3-6-17)11-26-23(28)21-19-8-9-25(33-19)13-27(24(29)22(21)25)12-16-4-7-18-20(10-16)32-14-31-18/h2-10,19,21-22H,11-14H2,1H3,(H,26,28)/t19-,21-,22+,25+/m1/s1. The molecular formula is C25H24N2O6. The molecule has 8 nitrogen and oxygen atoms in total. The highest BCUT2D eigenvalue weighted by atomic mass is 16.7. The number of likely N-dealkylation sites (tertiary alicyclic amines) is 1. The molecule has 6 rings (SSSR count).